The van der Waals surface area contributed by atoms with Gasteiger partial charge >= 0.3 is 0 Å². The van der Waals surface area contributed by atoms with Crippen LogP contribution in [-0.4, -0.2) is 19.9 Å². The molecule has 1 atom stereocenters. The van der Waals surface area contributed by atoms with Crippen LogP contribution in [-0.2, 0) is 13.0 Å². The molecule has 5 aromatic rings. The summed E-state index contributed by atoms with van der Waals surface area (Å²) in [6.45, 7) is 4.20. The van der Waals surface area contributed by atoms with Crippen LogP contribution in [0.15, 0.2) is 89.9 Å². The molecule has 3 heterocycles. The number of fused-ring (bicyclic) bond motifs is 2. The summed E-state index contributed by atoms with van der Waals surface area (Å²) in [7, 11) is 0. The maximum absolute atomic E-state index is 13.5. The number of aryl methyl sites for hydroxylation is 3. The van der Waals surface area contributed by atoms with Gasteiger partial charge < -0.3 is 9.88 Å². The van der Waals surface area contributed by atoms with Crippen molar-refractivity contribution in [3.05, 3.63) is 123 Å². The average Bonchev–Trinajstić information content (AvgIpc) is 2.90. The van der Waals surface area contributed by atoms with Crippen molar-refractivity contribution in [2.45, 2.75) is 32.9 Å². The molecular weight excluding hydrogens is 450 g/mol. The Morgan fingerprint density at radius 1 is 1.00 bits per heavy atom. The van der Waals surface area contributed by atoms with Crippen LogP contribution in [0.2, 0.25) is 0 Å². The van der Waals surface area contributed by atoms with Gasteiger partial charge in [-0.15, -0.1) is 0 Å². The summed E-state index contributed by atoms with van der Waals surface area (Å²) < 4.78 is 3.18. The normalized spacial score (nSPS) is 12.1. The Hall–Kier alpha value is -4.52. The molecule has 0 fully saturated rings. The summed E-state index contributed by atoms with van der Waals surface area (Å²) >= 11 is 0. The fraction of sp³-hybridized carbons (Fsp3) is 0.172. The van der Waals surface area contributed by atoms with E-state index in [2.05, 4.69) is 5.32 Å². The Balaban J connectivity index is 1.66. The number of hydrogen-bond acceptors (Lipinski definition) is 4. The van der Waals surface area contributed by atoms with Crippen LogP contribution in [0.25, 0.3) is 16.7 Å². The van der Waals surface area contributed by atoms with E-state index in [4.69, 9.17) is 10.4 Å². The van der Waals surface area contributed by atoms with Gasteiger partial charge in [0.05, 0.1) is 17.0 Å². The zero-order valence-electron chi connectivity index (χ0n) is 20.2. The zero-order valence-corrected chi connectivity index (χ0v) is 20.2. The van der Waals surface area contributed by atoms with E-state index in [0.717, 1.165) is 16.7 Å². The highest BCUT2D eigenvalue weighted by atomic mass is 16.2. The Kier molecular flexibility index (Phi) is 6.21. The summed E-state index contributed by atoms with van der Waals surface area (Å²) in [5.41, 5.74) is 3.76. The summed E-state index contributed by atoms with van der Waals surface area (Å²) in [6, 6.07) is 24.5. The van der Waals surface area contributed by atoms with E-state index in [9.17, 15) is 9.59 Å². The van der Waals surface area contributed by atoms with E-state index in [-0.39, 0.29) is 22.7 Å². The van der Waals surface area contributed by atoms with E-state index in [1.807, 2.05) is 80.6 Å². The smallest absolute Gasteiger partial charge is 0.267 e. The fourth-order valence-electron chi connectivity index (χ4n) is 4.47. The van der Waals surface area contributed by atoms with Gasteiger partial charge in [-0.3, -0.25) is 19.4 Å². The number of hydrogen-bond donors (Lipinski definition) is 2. The molecule has 0 unspecified atom stereocenters. The van der Waals surface area contributed by atoms with Gasteiger partial charge in [-0.1, -0.05) is 66.7 Å². The number of aromatic nitrogens is 3. The molecule has 0 spiro atoms. The number of nitrogens with zero attached hydrogens (tertiary/aromatic N) is 3. The van der Waals surface area contributed by atoms with Crippen LogP contribution in [0.1, 0.15) is 40.0 Å². The molecule has 1 amide bonds. The van der Waals surface area contributed by atoms with E-state index < -0.39 is 5.91 Å². The van der Waals surface area contributed by atoms with Crippen LogP contribution in [0.4, 0.5) is 0 Å². The Morgan fingerprint density at radius 2 is 1.69 bits per heavy atom. The molecule has 7 heteroatoms. The molecule has 0 aliphatic heterocycles. The molecule has 0 bridgehead atoms. The number of carbonyl (C=O) groups excluding carboxylic acids is 1. The van der Waals surface area contributed by atoms with Crippen LogP contribution in [0.5, 0.6) is 0 Å². The summed E-state index contributed by atoms with van der Waals surface area (Å²) in [4.78, 5) is 31.7. The second-order valence-corrected chi connectivity index (χ2v) is 8.94. The maximum Gasteiger partial charge on any atom is 0.267 e. The lowest BCUT2D eigenvalue weighted by Crippen LogP contribution is -2.36. The predicted octanol–water partition coefficient (Wildman–Crippen LogP) is 4.17. The highest BCUT2D eigenvalue weighted by Crippen LogP contribution is 2.16. The van der Waals surface area contributed by atoms with Crippen LogP contribution in [0, 0.1) is 12.3 Å². The van der Waals surface area contributed by atoms with E-state index in [0.29, 0.717) is 29.6 Å². The third-order valence-electron chi connectivity index (χ3n) is 6.49. The molecule has 0 aliphatic carbocycles. The Bertz CT molecular complexity index is 1690. The molecule has 180 valence electrons. The monoisotopic (exact) mass is 477 g/mol. The van der Waals surface area contributed by atoms with E-state index in [1.54, 1.807) is 16.8 Å². The van der Waals surface area contributed by atoms with Gasteiger partial charge in [-0.25, -0.2) is 4.98 Å². The van der Waals surface area contributed by atoms with E-state index >= 15 is 0 Å². The third-order valence-corrected chi connectivity index (χ3v) is 6.49. The zero-order chi connectivity index (χ0) is 25.2. The summed E-state index contributed by atoms with van der Waals surface area (Å²) in [5.74, 6) is -0.402. The standard InChI is InChI=1S/C29H27N5O2/c1-19-10-9-16-34-26(19)32-27-24(29(34)36)18-23(28(35)31-20(2)22-13-7-4-8-14-22)25(30)33(27)17-15-21-11-5-3-6-12-21/h3-14,16,18,20,30H,15,17H2,1-2H3,(H,31,35)/t20-/m0/s1. The van der Waals surface area contributed by atoms with E-state index in [1.165, 1.54) is 10.5 Å². The van der Waals surface area contributed by atoms with Crippen molar-refractivity contribution < 1.29 is 4.79 Å². The first-order valence-corrected chi connectivity index (χ1v) is 11.9. The SMILES string of the molecule is Cc1cccn2c(=O)c3cc(C(=O)N[C@@H](C)c4ccccc4)c(=N)n(CCc4ccccc4)c3nc12. The van der Waals surface area contributed by atoms with Crippen molar-refractivity contribution >= 4 is 22.6 Å². The average molecular weight is 478 g/mol. The number of benzene rings is 2. The van der Waals surface area contributed by atoms with Gasteiger partial charge in [0, 0.05) is 12.7 Å². The van der Waals surface area contributed by atoms with Crippen molar-refractivity contribution in [1.29, 1.82) is 5.41 Å². The van der Waals surface area contributed by atoms with Gasteiger partial charge in [0.2, 0.25) is 0 Å². The van der Waals surface area contributed by atoms with Crippen LogP contribution in [0.3, 0.4) is 0 Å². The van der Waals surface area contributed by atoms with Crippen molar-refractivity contribution in [3.8, 4) is 0 Å². The van der Waals surface area contributed by atoms with Crippen LogP contribution < -0.4 is 16.4 Å². The van der Waals surface area contributed by atoms with Gasteiger partial charge in [0.1, 0.15) is 16.8 Å². The van der Waals surface area contributed by atoms with Crippen molar-refractivity contribution in [3.63, 3.8) is 0 Å². The third kappa shape index (κ3) is 4.31. The molecule has 0 saturated heterocycles. The molecule has 5 rings (SSSR count). The predicted molar refractivity (Wildman–Crippen MR) is 140 cm³/mol. The first-order chi connectivity index (χ1) is 17.4. The minimum absolute atomic E-state index is 0.0287. The second kappa shape index (κ2) is 9.62. The number of rotatable bonds is 6. The second-order valence-electron chi connectivity index (χ2n) is 8.94. The first-order valence-electron chi connectivity index (χ1n) is 11.9. The molecule has 2 N–H and O–H groups in total. The quantitative estimate of drug-likeness (QED) is 0.360. The number of carbonyl (C=O) groups is 1. The van der Waals surface area contributed by atoms with Gasteiger partial charge in [-0.2, -0.15) is 0 Å². The van der Waals surface area contributed by atoms with Gasteiger partial charge in [0.25, 0.3) is 11.5 Å². The molecule has 0 radical (unpaired) electrons. The number of amides is 1. The largest absolute Gasteiger partial charge is 0.345 e. The molecular formula is C29H27N5O2. The number of nitrogens with one attached hydrogen (secondary N) is 2. The maximum atomic E-state index is 13.5. The fourth-order valence-corrected chi connectivity index (χ4v) is 4.47. The van der Waals surface area contributed by atoms with Crippen LogP contribution >= 0.6 is 0 Å². The molecule has 7 nitrogen and oxygen atoms in total. The number of pyridine rings is 2. The molecule has 0 saturated carbocycles. The molecule has 3 aromatic heterocycles. The molecule has 2 aromatic carbocycles. The Morgan fingerprint density at radius 3 is 2.42 bits per heavy atom. The lowest BCUT2D eigenvalue weighted by atomic mass is 10.1. The lowest BCUT2D eigenvalue weighted by molar-refractivity contribution is 0.0937. The van der Waals surface area contributed by atoms with Crippen molar-refractivity contribution in [2.24, 2.45) is 0 Å². The minimum atomic E-state index is -0.402. The van der Waals surface area contributed by atoms with Crippen molar-refractivity contribution in [2.75, 3.05) is 0 Å². The lowest BCUT2D eigenvalue weighted by Gasteiger charge is -2.17. The Labute approximate surface area is 208 Å². The summed E-state index contributed by atoms with van der Waals surface area (Å²) in [6.07, 6.45) is 2.31. The van der Waals surface area contributed by atoms with Crippen molar-refractivity contribution in [1.82, 2.24) is 19.3 Å². The highest BCUT2D eigenvalue weighted by Gasteiger charge is 2.19. The first kappa shape index (κ1) is 23.2. The summed E-state index contributed by atoms with van der Waals surface area (Å²) in [5, 5.41) is 12.2. The highest BCUT2D eigenvalue weighted by molar-refractivity contribution is 5.97. The molecule has 0 aliphatic rings. The minimum Gasteiger partial charge on any atom is -0.345 e. The van der Waals surface area contributed by atoms with Gasteiger partial charge in [-0.05, 0) is 49.1 Å². The molecule has 36 heavy (non-hydrogen) atoms. The topological polar surface area (TPSA) is 92.3 Å². The van der Waals surface area contributed by atoms with Gasteiger partial charge in [0.15, 0.2) is 0 Å².